The highest BCUT2D eigenvalue weighted by Crippen LogP contribution is 2.32. The highest BCUT2D eigenvalue weighted by atomic mass is 32.2. The Kier molecular flexibility index (Phi) is 5.76. The summed E-state index contributed by atoms with van der Waals surface area (Å²) in [7, 11) is 0. The van der Waals surface area contributed by atoms with Crippen molar-refractivity contribution in [1.82, 2.24) is 20.2 Å². The Morgan fingerprint density at radius 2 is 2.21 bits per heavy atom. The molecule has 0 saturated carbocycles. The van der Waals surface area contributed by atoms with Crippen molar-refractivity contribution in [1.29, 1.82) is 0 Å². The monoisotopic (exact) mass is 437 g/mol. The summed E-state index contributed by atoms with van der Waals surface area (Å²) in [5, 5.41) is 12.8. The first-order chi connectivity index (χ1) is 13.5. The summed E-state index contributed by atoms with van der Waals surface area (Å²) >= 11 is 4.25. The molecule has 2 N–H and O–H groups in total. The highest BCUT2D eigenvalue weighted by molar-refractivity contribution is 7.99. The number of aromatic nitrogens is 4. The number of nitrogens with zero attached hydrogens (tertiary/aromatic N) is 3. The Morgan fingerprint density at radius 1 is 1.36 bits per heavy atom. The van der Waals surface area contributed by atoms with Gasteiger partial charge in [-0.05, 0) is 32.3 Å². The van der Waals surface area contributed by atoms with Crippen molar-refractivity contribution in [2.45, 2.75) is 38.5 Å². The minimum Gasteiger partial charge on any atom is -0.371 e. The lowest BCUT2D eigenvalue weighted by Gasteiger charge is -2.03. The van der Waals surface area contributed by atoms with Crippen molar-refractivity contribution < 1.29 is 9.53 Å². The molecule has 0 bridgehead atoms. The molecule has 1 aliphatic rings. The van der Waals surface area contributed by atoms with Crippen molar-refractivity contribution >= 4 is 55.7 Å². The fourth-order valence-corrected chi connectivity index (χ4v) is 5.53. The molecule has 1 atom stereocenters. The number of anilines is 1. The standard InChI is InChI=1S/C17H19N5O3S3/c1-8-9(2)27-16-13(8)14(24)18-11(19-16)6-26-7-12(23)20-17-22-21-15(28-17)10-4-3-5-25-10/h10H,3-7H2,1-2H3,(H,18,19,24)(H,20,22,23)/t10-/m0/s1. The van der Waals surface area contributed by atoms with Crippen LogP contribution in [0.25, 0.3) is 10.2 Å². The zero-order chi connectivity index (χ0) is 19.7. The molecule has 3 aromatic heterocycles. The Hall–Kier alpha value is -1.82. The molecule has 1 aliphatic heterocycles. The van der Waals surface area contributed by atoms with Crippen molar-refractivity contribution in [3.8, 4) is 0 Å². The third-order valence-corrected chi connectivity index (χ3v) is 7.43. The summed E-state index contributed by atoms with van der Waals surface area (Å²) in [5.41, 5.74) is 0.856. The van der Waals surface area contributed by atoms with Crippen LogP contribution in [-0.2, 0) is 15.3 Å². The van der Waals surface area contributed by atoms with E-state index < -0.39 is 0 Å². The van der Waals surface area contributed by atoms with Gasteiger partial charge in [0.2, 0.25) is 11.0 Å². The summed E-state index contributed by atoms with van der Waals surface area (Å²) in [6, 6.07) is 0. The maximum absolute atomic E-state index is 12.3. The van der Waals surface area contributed by atoms with Crippen molar-refractivity contribution in [3.05, 3.63) is 31.6 Å². The summed E-state index contributed by atoms with van der Waals surface area (Å²) in [5.74, 6) is 1.10. The number of aryl methyl sites for hydroxylation is 2. The number of thiophene rings is 1. The fourth-order valence-electron chi connectivity index (χ4n) is 2.95. The lowest BCUT2D eigenvalue weighted by atomic mass is 10.2. The number of hydrogen-bond donors (Lipinski definition) is 2. The van der Waals surface area contributed by atoms with Crippen LogP contribution < -0.4 is 10.9 Å². The summed E-state index contributed by atoms with van der Waals surface area (Å²) in [6.07, 6.45) is 1.96. The smallest absolute Gasteiger partial charge is 0.259 e. The van der Waals surface area contributed by atoms with Crippen LogP contribution in [0.15, 0.2) is 4.79 Å². The van der Waals surface area contributed by atoms with E-state index in [2.05, 4.69) is 25.5 Å². The molecule has 4 rings (SSSR count). The van der Waals surface area contributed by atoms with E-state index in [0.29, 0.717) is 22.1 Å². The summed E-state index contributed by atoms with van der Waals surface area (Å²) < 4.78 is 5.58. The SMILES string of the molecule is Cc1sc2nc(CSCC(=O)Nc3nnc([C@@H]4CCCO4)s3)[nH]c(=O)c2c1C. The third-order valence-electron chi connectivity index (χ3n) is 4.45. The number of nitrogens with one attached hydrogen (secondary N) is 2. The van der Waals surface area contributed by atoms with Crippen LogP contribution in [0.5, 0.6) is 0 Å². The van der Waals surface area contributed by atoms with E-state index in [4.69, 9.17) is 4.74 Å². The molecule has 0 aromatic carbocycles. The molecule has 1 fully saturated rings. The molecule has 4 heterocycles. The zero-order valence-electron chi connectivity index (χ0n) is 15.4. The summed E-state index contributed by atoms with van der Waals surface area (Å²) in [4.78, 5) is 33.6. The number of thioether (sulfide) groups is 1. The minimum absolute atomic E-state index is 0.000123. The Balaban J connectivity index is 1.32. The van der Waals surface area contributed by atoms with E-state index in [0.717, 1.165) is 39.7 Å². The van der Waals surface area contributed by atoms with Crippen molar-refractivity contribution in [3.63, 3.8) is 0 Å². The van der Waals surface area contributed by atoms with Gasteiger partial charge in [0.15, 0.2) is 0 Å². The van der Waals surface area contributed by atoms with E-state index in [1.807, 2.05) is 13.8 Å². The van der Waals surface area contributed by atoms with Gasteiger partial charge in [-0.2, -0.15) is 0 Å². The fraction of sp³-hybridized carbons (Fsp3) is 0.471. The van der Waals surface area contributed by atoms with E-state index in [1.54, 1.807) is 0 Å². The van der Waals surface area contributed by atoms with E-state index in [-0.39, 0.29) is 23.3 Å². The molecule has 148 valence electrons. The van der Waals surface area contributed by atoms with Crippen LogP contribution in [0.4, 0.5) is 5.13 Å². The van der Waals surface area contributed by atoms with Gasteiger partial charge in [-0.25, -0.2) is 4.98 Å². The second-order valence-electron chi connectivity index (χ2n) is 6.46. The quantitative estimate of drug-likeness (QED) is 0.609. The average Bonchev–Trinajstić information content (AvgIpc) is 3.36. The van der Waals surface area contributed by atoms with Crippen LogP contribution in [-0.4, -0.2) is 38.4 Å². The van der Waals surface area contributed by atoms with E-state index in [9.17, 15) is 9.59 Å². The van der Waals surface area contributed by atoms with Crippen LogP contribution in [0.3, 0.4) is 0 Å². The molecular formula is C17H19N5O3S3. The number of fused-ring (bicyclic) bond motifs is 1. The number of aromatic amines is 1. The maximum Gasteiger partial charge on any atom is 0.259 e. The molecular weight excluding hydrogens is 418 g/mol. The second-order valence-corrected chi connectivity index (χ2v) is 9.66. The molecule has 3 aromatic rings. The first kappa shape index (κ1) is 19.5. The predicted octanol–water partition coefficient (Wildman–Crippen LogP) is 3.18. The number of carbonyl (C=O) groups is 1. The predicted molar refractivity (Wildman–Crippen MR) is 112 cm³/mol. The molecule has 8 nitrogen and oxygen atoms in total. The van der Waals surface area contributed by atoms with Crippen LogP contribution >= 0.6 is 34.4 Å². The molecule has 28 heavy (non-hydrogen) atoms. The normalized spacial score (nSPS) is 16.7. The van der Waals surface area contributed by atoms with E-state index in [1.165, 1.54) is 34.4 Å². The number of hydrogen-bond acceptors (Lipinski definition) is 9. The molecule has 1 amide bonds. The first-order valence-electron chi connectivity index (χ1n) is 8.82. The van der Waals surface area contributed by atoms with Gasteiger partial charge < -0.3 is 9.72 Å². The average molecular weight is 438 g/mol. The Labute approximate surface area is 173 Å². The largest absolute Gasteiger partial charge is 0.371 e. The van der Waals surface area contributed by atoms with Crippen molar-refractivity contribution in [2.24, 2.45) is 0 Å². The maximum atomic E-state index is 12.3. The van der Waals surface area contributed by atoms with Gasteiger partial charge in [0.25, 0.3) is 5.56 Å². The van der Waals surface area contributed by atoms with Gasteiger partial charge >= 0.3 is 0 Å². The van der Waals surface area contributed by atoms with Gasteiger partial charge in [0, 0.05) is 11.5 Å². The Morgan fingerprint density at radius 3 is 3.00 bits per heavy atom. The number of H-pyrrole nitrogens is 1. The van der Waals surface area contributed by atoms with Crippen LogP contribution in [0.1, 0.15) is 40.2 Å². The highest BCUT2D eigenvalue weighted by Gasteiger charge is 2.22. The Bertz CT molecular complexity index is 1070. The van der Waals surface area contributed by atoms with Crippen molar-refractivity contribution in [2.75, 3.05) is 17.7 Å². The first-order valence-corrected chi connectivity index (χ1v) is 11.6. The van der Waals surface area contributed by atoms with E-state index >= 15 is 0 Å². The molecule has 11 heteroatoms. The second kappa shape index (κ2) is 8.27. The number of rotatable bonds is 6. The molecule has 0 unspecified atom stereocenters. The number of amides is 1. The lowest BCUT2D eigenvalue weighted by molar-refractivity contribution is -0.113. The molecule has 0 spiro atoms. The van der Waals surface area contributed by atoms with Gasteiger partial charge in [-0.1, -0.05) is 11.3 Å². The number of carbonyl (C=O) groups excluding carboxylic acids is 1. The van der Waals surface area contributed by atoms with Gasteiger partial charge in [-0.15, -0.1) is 33.3 Å². The zero-order valence-corrected chi connectivity index (χ0v) is 17.9. The minimum atomic E-state index is -0.161. The number of ether oxygens (including phenoxy) is 1. The molecule has 1 saturated heterocycles. The van der Waals surface area contributed by atoms with Crippen LogP contribution in [0.2, 0.25) is 0 Å². The molecule has 0 radical (unpaired) electrons. The lowest BCUT2D eigenvalue weighted by Crippen LogP contribution is -2.15. The van der Waals surface area contributed by atoms with Gasteiger partial charge in [-0.3, -0.25) is 14.9 Å². The topological polar surface area (TPSA) is 110 Å². The van der Waals surface area contributed by atoms with Gasteiger partial charge in [0.05, 0.1) is 16.9 Å². The molecule has 0 aliphatic carbocycles. The third kappa shape index (κ3) is 4.12. The summed E-state index contributed by atoms with van der Waals surface area (Å²) in [6.45, 7) is 4.66. The van der Waals surface area contributed by atoms with Gasteiger partial charge in [0.1, 0.15) is 21.8 Å². The van der Waals surface area contributed by atoms with Crippen LogP contribution in [0, 0.1) is 13.8 Å².